The van der Waals surface area contributed by atoms with Crippen molar-refractivity contribution in [2.75, 3.05) is 20.6 Å². The molecule has 1 aromatic carbocycles. The first kappa shape index (κ1) is 20.7. The number of carboxylic acids is 2. The van der Waals surface area contributed by atoms with Crippen LogP contribution in [0.5, 0.6) is 5.75 Å². The van der Waals surface area contributed by atoms with E-state index in [1.54, 1.807) is 11.3 Å². The predicted molar refractivity (Wildman–Crippen MR) is 97.3 cm³/mol. The molecule has 2 rings (SSSR count). The lowest BCUT2D eigenvalue weighted by atomic mass is 10.2. The molecule has 0 aliphatic rings. The minimum absolute atomic E-state index is 0.144. The van der Waals surface area contributed by atoms with Crippen molar-refractivity contribution in [3.63, 3.8) is 0 Å². The van der Waals surface area contributed by atoms with Crippen LogP contribution in [0, 0.1) is 6.92 Å². The second kappa shape index (κ2) is 10.5. The summed E-state index contributed by atoms with van der Waals surface area (Å²) in [5.74, 6) is -2.70. The van der Waals surface area contributed by atoms with E-state index in [0.717, 1.165) is 18.7 Å². The predicted octanol–water partition coefficient (Wildman–Crippen LogP) is 3.28. The number of hydrogen-bond donors (Lipinski definition) is 2. The van der Waals surface area contributed by atoms with Crippen molar-refractivity contribution in [2.45, 2.75) is 19.4 Å². The number of hydrogen-bond acceptors (Lipinski definition) is 5. The lowest BCUT2D eigenvalue weighted by molar-refractivity contribution is -0.159. The van der Waals surface area contributed by atoms with E-state index in [-0.39, 0.29) is 6.10 Å². The number of rotatable bonds is 6. The Bertz CT molecular complexity index is 641. The van der Waals surface area contributed by atoms with Gasteiger partial charge in [0.25, 0.3) is 0 Å². The summed E-state index contributed by atoms with van der Waals surface area (Å²) in [5, 5.41) is 16.9. The molecule has 6 nitrogen and oxygen atoms in total. The summed E-state index contributed by atoms with van der Waals surface area (Å²) >= 11 is 1.76. The third-order valence-electron chi connectivity index (χ3n) is 3.18. The molecule has 1 atom stereocenters. The van der Waals surface area contributed by atoms with Crippen molar-refractivity contribution in [2.24, 2.45) is 0 Å². The lowest BCUT2D eigenvalue weighted by Gasteiger charge is -2.20. The number of carbonyl (C=O) groups is 2. The van der Waals surface area contributed by atoms with Gasteiger partial charge in [-0.3, -0.25) is 0 Å². The molecule has 2 aromatic rings. The minimum atomic E-state index is -1.82. The maximum absolute atomic E-state index is 9.10. The average molecular weight is 365 g/mol. The van der Waals surface area contributed by atoms with Gasteiger partial charge in [0.2, 0.25) is 0 Å². The molecule has 0 saturated carbocycles. The van der Waals surface area contributed by atoms with Gasteiger partial charge in [-0.1, -0.05) is 23.8 Å². The SMILES string of the molecule is Cc1ccc(OC(CCN(C)C)c2cccs2)cc1.O=C(O)C(=O)O. The van der Waals surface area contributed by atoms with E-state index in [1.807, 2.05) is 12.1 Å². The third-order valence-corrected chi connectivity index (χ3v) is 4.15. The molecule has 1 unspecified atom stereocenters. The largest absolute Gasteiger partial charge is 0.485 e. The van der Waals surface area contributed by atoms with E-state index in [4.69, 9.17) is 24.5 Å². The fourth-order valence-electron chi connectivity index (χ4n) is 1.89. The van der Waals surface area contributed by atoms with Crippen molar-refractivity contribution < 1.29 is 24.5 Å². The first-order valence-electron chi connectivity index (χ1n) is 7.67. The Balaban J connectivity index is 0.000000450. The van der Waals surface area contributed by atoms with Crippen LogP contribution in [-0.2, 0) is 9.59 Å². The zero-order valence-corrected chi connectivity index (χ0v) is 15.3. The number of aryl methyl sites for hydroxylation is 1. The fourth-order valence-corrected chi connectivity index (χ4v) is 2.68. The van der Waals surface area contributed by atoms with Gasteiger partial charge in [0.1, 0.15) is 11.9 Å². The van der Waals surface area contributed by atoms with Gasteiger partial charge in [-0.15, -0.1) is 11.3 Å². The highest BCUT2D eigenvalue weighted by Gasteiger charge is 2.14. The lowest BCUT2D eigenvalue weighted by Crippen LogP contribution is -2.18. The molecule has 0 fully saturated rings. The fraction of sp³-hybridized carbons (Fsp3) is 0.333. The van der Waals surface area contributed by atoms with E-state index in [0.29, 0.717) is 0 Å². The molecule has 25 heavy (non-hydrogen) atoms. The maximum atomic E-state index is 9.10. The zero-order chi connectivity index (χ0) is 18.8. The molecule has 0 aliphatic carbocycles. The molecule has 0 radical (unpaired) electrons. The summed E-state index contributed by atoms with van der Waals surface area (Å²) in [5.41, 5.74) is 1.26. The van der Waals surface area contributed by atoms with E-state index >= 15 is 0 Å². The van der Waals surface area contributed by atoms with E-state index in [9.17, 15) is 0 Å². The highest BCUT2D eigenvalue weighted by Crippen LogP contribution is 2.28. The molecule has 0 bridgehead atoms. The van der Waals surface area contributed by atoms with Gasteiger partial charge in [0.15, 0.2) is 0 Å². The Morgan fingerprint density at radius 1 is 1.12 bits per heavy atom. The van der Waals surface area contributed by atoms with Gasteiger partial charge in [0.05, 0.1) is 0 Å². The van der Waals surface area contributed by atoms with E-state index in [2.05, 4.69) is 55.6 Å². The second-order valence-electron chi connectivity index (χ2n) is 5.64. The Kier molecular flexibility index (Phi) is 8.66. The number of aliphatic carboxylic acids is 2. The van der Waals surface area contributed by atoms with Crippen LogP contribution < -0.4 is 4.74 Å². The van der Waals surface area contributed by atoms with E-state index in [1.165, 1.54) is 10.4 Å². The van der Waals surface area contributed by atoms with Crippen LogP contribution in [0.4, 0.5) is 0 Å². The van der Waals surface area contributed by atoms with Crippen molar-refractivity contribution in [1.82, 2.24) is 4.90 Å². The number of benzene rings is 1. The minimum Gasteiger partial charge on any atom is -0.485 e. The van der Waals surface area contributed by atoms with E-state index < -0.39 is 11.9 Å². The van der Waals surface area contributed by atoms with Crippen molar-refractivity contribution in [1.29, 1.82) is 0 Å². The quantitative estimate of drug-likeness (QED) is 0.764. The Morgan fingerprint density at radius 3 is 2.16 bits per heavy atom. The summed E-state index contributed by atoms with van der Waals surface area (Å²) in [6.45, 7) is 3.11. The first-order valence-corrected chi connectivity index (χ1v) is 8.55. The van der Waals surface area contributed by atoms with Crippen LogP contribution in [0.2, 0.25) is 0 Å². The molecule has 0 amide bonds. The van der Waals surface area contributed by atoms with Crippen LogP contribution in [0.1, 0.15) is 23.0 Å². The summed E-state index contributed by atoms with van der Waals surface area (Å²) in [6.07, 6.45) is 1.14. The molecule has 1 heterocycles. The van der Waals surface area contributed by atoms with Gasteiger partial charge < -0.3 is 19.8 Å². The average Bonchev–Trinajstić information content (AvgIpc) is 3.08. The smallest absolute Gasteiger partial charge is 0.414 e. The van der Waals surface area contributed by atoms with Crippen LogP contribution >= 0.6 is 11.3 Å². The molecule has 1 aromatic heterocycles. The molecular weight excluding hydrogens is 342 g/mol. The molecule has 0 saturated heterocycles. The van der Waals surface area contributed by atoms with Crippen LogP contribution in [0.3, 0.4) is 0 Å². The second-order valence-corrected chi connectivity index (χ2v) is 6.62. The summed E-state index contributed by atoms with van der Waals surface area (Å²) in [6, 6.07) is 12.5. The summed E-state index contributed by atoms with van der Waals surface area (Å²) in [4.78, 5) is 21.7. The van der Waals surface area contributed by atoms with Crippen LogP contribution in [-0.4, -0.2) is 47.7 Å². The summed E-state index contributed by atoms with van der Waals surface area (Å²) in [7, 11) is 4.19. The molecular formula is C18H23NO5S. The standard InChI is InChI=1S/C16H21NOS.C2H2O4/c1-13-6-8-14(9-7-13)18-15(10-11-17(2)3)16-5-4-12-19-16;3-1(4)2(5)6/h4-9,12,15H,10-11H2,1-3H3;(H,3,4)(H,5,6). The molecule has 7 heteroatoms. The van der Waals surface area contributed by atoms with Crippen LogP contribution in [0.15, 0.2) is 41.8 Å². The van der Waals surface area contributed by atoms with Gasteiger partial charge in [-0.2, -0.15) is 0 Å². The molecule has 2 N–H and O–H groups in total. The van der Waals surface area contributed by atoms with Gasteiger partial charge >= 0.3 is 11.9 Å². The normalized spacial score (nSPS) is 11.4. The third kappa shape index (κ3) is 8.32. The molecule has 136 valence electrons. The number of ether oxygens (including phenoxy) is 1. The number of carboxylic acid groups (broad SMARTS) is 2. The first-order chi connectivity index (χ1) is 11.8. The number of thiophene rings is 1. The maximum Gasteiger partial charge on any atom is 0.414 e. The van der Waals surface area contributed by atoms with Gasteiger partial charge in [-0.05, 0) is 44.6 Å². The summed E-state index contributed by atoms with van der Waals surface area (Å²) < 4.78 is 6.15. The van der Waals surface area contributed by atoms with Gasteiger partial charge in [0, 0.05) is 17.8 Å². The highest BCUT2D eigenvalue weighted by atomic mass is 32.1. The number of nitrogens with zero attached hydrogens (tertiary/aromatic N) is 1. The van der Waals surface area contributed by atoms with Crippen molar-refractivity contribution in [3.8, 4) is 5.75 Å². The Hall–Kier alpha value is -2.38. The molecule has 0 spiro atoms. The van der Waals surface area contributed by atoms with Crippen molar-refractivity contribution >= 4 is 23.3 Å². The van der Waals surface area contributed by atoms with Crippen LogP contribution in [0.25, 0.3) is 0 Å². The van der Waals surface area contributed by atoms with Crippen molar-refractivity contribution in [3.05, 3.63) is 52.2 Å². The molecule has 0 aliphatic heterocycles. The Morgan fingerprint density at radius 2 is 1.72 bits per heavy atom. The Labute approximate surface area is 151 Å². The zero-order valence-electron chi connectivity index (χ0n) is 14.5. The topological polar surface area (TPSA) is 87.1 Å². The van der Waals surface area contributed by atoms with Gasteiger partial charge in [-0.25, -0.2) is 9.59 Å². The highest BCUT2D eigenvalue weighted by molar-refractivity contribution is 7.10. The monoisotopic (exact) mass is 365 g/mol.